The maximum atomic E-state index is 13.3. The molecule has 196 valence electrons. The molecule has 2 heterocycles. The molecule has 0 spiro atoms. The number of carbonyl (C=O) groups excluding carboxylic acids is 2. The summed E-state index contributed by atoms with van der Waals surface area (Å²) in [5.41, 5.74) is 2.69. The summed E-state index contributed by atoms with van der Waals surface area (Å²) in [5.74, 6) is 0.814. The van der Waals surface area contributed by atoms with E-state index in [4.69, 9.17) is 16.0 Å². The zero-order chi connectivity index (χ0) is 27.0. The van der Waals surface area contributed by atoms with Gasteiger partial charge in [0, 0.05) is 29.2 Å². The Morgan fingerprint density at radius 3 is 2.44 bits per heavy atom. The smallest absolute Gasteiger partial charge is 0.242 e. The third kappa shape index (κ3) is 7.04. The van der Waals surface area contributed by atoms with E-state index in [0.717, 1.165) is 11.1 Å². The molecule has 3 aromatic carbocycles. The van der Waals surface area contributed by atoms with Gasteiger partial charge in [-0.3, -0.25) is 14.5 Å². The SMILES string of the molecule is O=C(CC1S/C(=N\N=C\c2ccc(-c3ccc(Cl)cc3)o2)N(CCc2ccccc2)C1=O)Nc1ccccc1. The van der Waals surface area contributed by atoms with Crippen molar-refractivity contribution in [2.75, 3.05) is 11.9 Å². The van der Waals surface area contributed by atoms with Crippen LogP contribution in [0.5, 0.6) is 0 Å². The van der Waals surface area contributed by atoms with Crippen molar-refractivity contribution < 1.29 is 14.0 Å². The standard InChI is InChI=1S/C30H25ClN4O3S/c31-23-13-11-22(12-14-23)26-16-15-25(38-26)20-32-34-30-35(18-17-21-7-3-1-4-8-21)29(37)27(39-30)19-28(36)33-24-9-5-2-6-10-24/h1-16,20,27H,17-19H2,(H,33,36)/b32-20+,34-30-. The minimum absolute atomic E-state index is 0.0333. The van der Waals surface area contributed by atoms with E-state index in [9.17, 15) is 9.59 Å². The third-order valence-electron chi connectivity index (χ3n) is 6.00. The van der Waals surface area contributed by atoms with E-state index in [1.807, 2.05) is 78.9 Å². The number of halogens is 1. The monoisotopic (exact) mass is 556 g/mol. The Morgan fingerprint density at radius 2 is 1.69 bits per heavy atom. The first-order valence-electron chi connectivity index (χ1n) is 12.4. The van der Waals surface area contributed by atoms with Gasteiger partial charge in [-0.15, -0.1) is 5.10 Å². The van der Waals surface area contributed by atoms with Gasteiger partial charge in [0.05, 0.1) is 6.21 Å². The number of nitrogens with one attached hydrogen (secondary N) is 1. The van der Waals surface area contributed by atoms with Crippen molar-refractivity contribution >= 4 is 52.2 Å². The number of nitrogens with zero attached hydrogens (tertiary/aromatic N) is 3. The highest BCUT2D eigenvalue weighted by atomic mass is 35.5. The quantitative estimate of drug-likeness (QED) is 0.188. The van der Waals surface area contributed by atoms with Gasteiger partial charge < -0.3 is 9.73 Å². The lowest BCUT2D eigenvalue weighted by molar-refractivity contribution is -0.128. The average molecular weight is 557 g/mol. The number of benzene rings is 3. The number of thioether (sulfide) groups is 1. The van der Waals surface area contributed by atoms with E-state index in [1.165, 1.54) is 18.0 Å². The predicted molar refractivity (Wildman–Crippen MR) is 157 cm³/mol. The molecule has 0 radical (unpaired) electrons. The van der Waals surface area contributed by atoms with Gasteiger partial charge in [0.15, 0.2) is 5.17 Å². The summed E-state index contributed by atoms with van der Waals surface area (Å²) >= 11 is 7.22. The molecule has 9 heteroatoms. The average Bonchev–Trinajstić information content (AvgIpc) is 3.53. The minimum atomic E-state index is -0.585. The van der Waals surface area contributed by atoms with E-state index < -0.39 is 5.25 Å². The molecule has 1 aromatic heterocycles. The summed E-state index contributed by atoms with van der Waals surface area (Å²) in [6.07, 6.45) is 2.19. The van der Waals surface area contributed by atoms with Gasteiger partial charge >= 0.3 is 0 Å². The summed E-state index contributed by atoms with van der Waals surface area (Å²) < 4.78 is 5.86. The highest BCUT2D eigenvalue weighted by molar-refractivity contribution is 8.15. The fraction of sp³-hybridized carbons (Fsp3) is 0.133. The molecule has 0 saturated carbocycles. The summed E-state index contributed by atoms with van der Waals surface area (Å²) in [6, 6.07) is 30.1. The summed E-state index contributed by atoms with van der Waals surface area (Å²) in [5, 5.41) is 11.9. The highest BCUT2D eigenvalue weighted by Gasteiger charge is 2.39. The lowest BCUT2D eigenvalue weighted by Crippen LogP contribution is -2.35. The lowest BCUT2D eigenvalue weighted by atomic mass is 10.1. The van der Waals surface area contributed by atoms with Crippen molar-refractivity contribution in [2.24, 2.45) is 10.2 Å². The number of para-hydroxylation sites is 1. The van der Waals surface area contributed by atoms with Crippen LogP contribution in [0.15, 0.2) is 112 Å². The Bertz CT molecular complexity index is 1490. The van der Waals surface area contributed by atoms with Crippen molar-refractivity contribution in [2.45, 2.75) is 18.1 Å². The molecular formula is C30H25ClN4O3S. The van der Waals surface area contributed by atoms with Crippen LogP contribution in [0, 0.1) is 0 Å². The molecule has 2 amide bonds. The van der Waals surface area contributed by atoms with Gasteiger partial charge in [0.25, 0.3) is 0 Å². The molecule has 5 rings (SSSR count). The van der Waals surface area contributed by atoms with Gasteiger partial charge in [-0.1, -0.05) is 71.9 Å². The molecule has 0 bridgehead atoms. The molecule has 1 aliphatic heterocycles. The van der Waals surface area contributed by atoms with E-state index in [0.29, 0.717) is 40.4 Å². The number of furan rings is 1. The maximum absolute atomic E-state index is 13.3. The predicted octanol–water partition coefficient (Wildman–Crippen LogP) is 6.51. The van der Waals surface area contributed by atoms with Crippen molar-refractivity contribution in [1.82, 2.24) is 4.90 Å². The van der Waals surface area contributed by atoms with Crippen LogP contribution in [0.4, 0.5) is 5.69 Å². The van der Waals surface area contributed by atoms with Gasteiger partial charge in [-0.25, -0.2) is 0 Å². The van der Waals surface area contributed by atoms with Crippen LogP contribution in [0.1, 0.15) is 17.7 Å². The fourth-order valence-corrected chi connectivity index (χ4v) is 5.28. The van der Waals surface area contributed by atoms with Crippen LogP contribution in [0.3, 0.4) is 0 Å². The number of amidine groups is 1. The summed E-state index contributed by atoms with van der Waals surface area (Å²) in [6.45, 7) is 0.433. The Morgan fingerprint density at radius 1 is 0.974 bits per heavy atom. The fourth-order valence-electron chi connectivity index (χ4n) is 4.04. The maximum Gasteiger partial charge on any atom is 0.242 e. The Labute approximate surface area is 235 Å². The van der Waals surface area contributed by atoms with Crippen LogP contribution in [0.25, 0.3) is 11.3 Å². The van der Waals surface area contributed by atoms with Crippen LogP contribution in [-0.2, 0) is 16.0 Å². The van der Waals surface area contributed by atoms with Crippen molar-refractivity contribution in [3.8, 4) is 11.3 Å². The first kappa shape index (κ1) is 26.5. The van der Waals surface area contributed by atoms with Crippen LogP contribution in [0.2, 0.25) is 5.02 Å². The molecular weight excluding hydrogens is 532 g/mol. The lowest BCUT2D eigenvalue weighted by Gasteiger charge is -2.15. The van der Waals surface area contributed by atoms with E-state index >= 15 is 0 Å². The Kier molecular flexibility index (Phi) is 8.55. The number of amides is 2. The number of carbonyl (C=O) groups is 2. The number of hydrogen-bond donors (Lipinski definition) is 1. The van der Waals surface area contributed by atoms with Crippen LogP contribution in [-0.4, -0.2) is 39.9 Å². The summed E-state index contributed by atoms with van der Waals surface area (Å²) in [4.78, 5) is 27.6. The summed E-state index contributed by atoms with van der Waals surface area (Å²) in [7, 11) is 0. The molecule has 1 fully saturated rings. The molecule has 1 N–H and O–H groups in total. The number of rotatable bonds is 9. The van der Waals surface area contributed by atoms with E-state index in [2.05, 4.69) is 15.5 Å². The first-order chi connectivity index (χ1) is 19.0. The second-order valence-corrected chi connectivity index (χ2v) is 10.4. The van der Waals surface area contributed by atoms with Crippen molar-refractivity contribution in [3.05, 3.63) is 113 Å². The van der Waals surface area contributed by atoms with Crippen LogP contribution < -0.4 is 5.32 Å². The largest absolute Gasteiger partial charge is 0.455 e. The van der Waals surface area contributed by atoms with Crippen molar-refractivity contribution in [3.63, 3.8) is 0 Å². The first-order valence-corrected chi connectivity index (χ1v) is 13.6. The second kappa shape index (κ2) is 12.6. The molecule has 1 atom stereocenters. The number of hydrogen-bond acceptors (Lipinski definition) is 6. The topological polar surface area (TPSA) is 87.3 Å². The molecule has 4 aromatic rings. The van der Waals surface area contributed by atoms with E-state index in [1.54, 1.807) is 23.1 Å². The molecule has 7 nitrogen and oxygen atoms in total. The number of anilines is 1. The Hall–Kier alpha value is -4.14. The zero-order valence-electron chi connectivity index (χ0n) is 20.9. The second-order valence-electron chi connectivity index (χ2n) is 8.79. The molecule has 1 unspecified atom stereocenters. The molecule has 1 saturated heterocycles. The highest BCUT2D eigenvalue weighted by Crippen LogP contribution is 2.30. The van der Waals surface area contributed by atoms with E-state index in [-0.39, 0.29) is 18.2 Å². The van der Waals surface area contributed by atoms with Gasteiger partial charge in [0.2, 0.25) is 11.8 Å². The third-order valence-corrected chi connectivity index (χ3v) is 7.42. The van der Waals surface area contributed by atoms with Gasteiger partial charge in [-0.2, -0.15) is 5.10 Å². The molecule has 0 aliphatic carbocycles. The van der Waals surface area contributed by atoms with Gasteiger partial charge in [0.1, 0.15) is 16.8 Å². The molecule has 39 heavy (non-hydrogen) atoms. The van der Waals surface area contributed by atoms with Gasteiger partial charge in [-0.05, 0) is 60.5 Å². The molecule has 1 aliphatic rings. The van der Waals surface area contributed by atoms with Crippen molar-refractivity contribution in [1.29, 1.82) is 0 Å². The normalized spacial score (nSPS) is 16.3. The van der Waals surface area contributed by atoms with Crippen LogP contribution >= 0.6 is 23.4 Å². The zero-order valence-corrected chi connectivity index (χ0v) is 22.4. The Balaban J connectivity index is 1.29. The minimum Gasteiger partial charge on any atom is -0.455 e.